The summed E-state index contributed by atoms with van der Waals surface area (Å²) < 4.78 is 13.8. The minimum Gasteiger partial charge on any atom is -0.459 e. The highest BCUT2D eigenvalue weighted by Gasteiger charge is 2.23. The van der Waals surface area contributed by atoms with E-state index < -0.39 is 0 Å². The summed E-state index contributed by atoms with van der Waals surface area (Å²) in [7, 11) is 0. The number of furan rings is 1. The summed E-state index contributed by atoms with van der Waals surface area (Å²) in [4.78, 5) is 12.7. The Kier molecular flexibility index (Phi) is 6.89. The molecule has 0 radical (unpaired) electrons. The number of benzene rings is 2. The van der Waals surface area contributed by atoms with Crippen molar-refractivity contribution in [3.8, 4) is 11.4 Å². The third-order valence-corrected chi connectivity index (χ3v) is 7.03. The summed E-state index contributed by atoms with van der Waals surface area (Å²) in [6, 6.07) is 17.0. The fraction of sp³-hybridized carbons (Fsp3) is 0.320. The summed E-state index contributed by atoms with van der Waals surface area (Å²) >= 11 is 7.42. The molecule has 2 aromatic heterocycles. The molecule has 1 saturated heterocycles. The van der Waals surface area contributed by atoms with E-state index in [1.54, 1.807) is 0 Å². The van der Waals surface area contributed by atoms with Crippen molar-refractivity contribution >= 4 is 40.2 Å². The van der Waals surface area contributed by atoms with Crippen LogP contribution in [0.2, 0.25) is 5.02 Å². The van der Waals surface area contributed by atoms with Gasteiger partial charge >= 0.3 is 0 Å². The average molecular weight is 497 g/mol. The molecule has 7 nitrogen and oxygen atoms in total. The monoisotopic (exact) mass is 496 g/mol. The number of fused-ring (bicyclic) bond motifs is 1. The second-order valence-corrected chi connectivity index (χ2v) is 9.70. The summed E-state index contributed by atoms with van der Waals surface area (Å²) in [6.45, 7) is 3.33. The Hall–Kier alpha value is -2.81. The predicted molar refractivity (Wildman–Crippen MR) is 133 cm³/mol. The predicted octanol–water partition coefficient (Wildman–Crippen LogP) is 5.49. The molecule has 3 heterocycles. The molecular formula is C25H25ClN4O3S. The van der Waals surface area contributed by atoms with E-state index in [0.29, 0.717) is 16.7 Å². The summed E-state index contributed by atoms with van der Waals surface area (Å²) in [5.41, 5.74) is 1.73. The number of ether oxygens (including phenoxy) is 1. The SMILES string of the molecule is C[C@@H](NC(=O)CSc1nnc(-c2ccc(Cl)cc2)n1C[C@H]1CCCO1)c1cc2ccccc2o1. The van der Waals surface area contributed by atoms with Crippen LogP contribution >= 0.6 is 23.4 Å². The van der Waals surface area contributed by atoms with Gasteiger partial charge in [-0.1, -0.05) is 41.6 Å². The van der Waals surface area contributed by atoms with Crippen molar-refractivity contribution < 1.29 is 13.9 Å². The zero-order chi connectivity index (χ0) is 23.5. The third-order valence-electron chi connectivity index (χ3n) is 5.81. The molecule has 1 amide bonds. The average Bonchev–Trinajstić information content (AvgIpc) is 3.59. The molecule has 9 heteroatoms. The Labute approximate surface area is 206 Å². The quantitative estimate of drug-likeness (QED) is 0.325. The molecule has 0 aliphatic carbocycles. The molecule has 4 aromatic rings. The molecule has 1 N–H and O–H groups in total. The van der Waals surface area contributed by atoms with Crippen LogP contribution in [0.5, 0.6) is 0 Å². The van der Waals surface area contributed by atoms with Crippen LogP contribution < -0.4 is 5.32 Å². The molecule has 0 saturated carbocycles. The third kappa shape index (κ3) is 5.14. The topological polar surface area (TPSA) is 82.2 Å². The normalized spacial score (nSPS) is 16.7. The van der Waals surface area contributed by atoms with E-state index in [9.17, 15) is 4.79 Å². The first-order chi connectivity index (χ1) is 16.6. The maximum atomic E-state index is 12.7. The molecule has 176 valence electrons. The summed E-state index contributed by atoms with van der Waals surface area (Å²) in [6.07, 6.45) is 2.16. The Morgan fingerprint density at radius 3 is 2.82 bits per heavy atom. The maximum absolute atomic E-state index is 12.7. The van der Waals surface area contributed by atoms with E-state index in [0.717, 1.165) is 47.6 Å². The lowest BCUT2D eigenvalue weighted by Crippen LogP contribution is -2.28. The van der Waals surface area contributed by atoms with Gasteiger partial charge in [-0.3, -0.25) is 9.36 Å². The number of rotatable bonds is 8. The molecule has 0 unspecified atom stereocenters. The van der Waals surface area contributed by atoms with Crippen LogP contribution in [0.15, 0.2) is 64.2 Å². The minimum atomic E-state index is -0.241. The van der Waals surface area contributed by atoms with Gasteiger partial charge in [0.25, 0.3) is 0 Å². The number of nitrogens with zero attached hydrogens (tertiary/aromatic N) is 3. The fourth-order valence-corrected chi connectivity index (χ4v) is 4.95. The van der Waals surface area contributed by atoms with Crippen molar-refractivity contribution in [3.63, 3.8) is 0 Å². The Balaban J connectivity index is 1.28. The molecule has 5 rings (SSSR count). The molecule has 1 fully saturated rings. The van der Waals surface area contributed by atoms with Crippen molar-refractivity contribution in [1.82, 2.24) is 20.1 Å². The first-order valence-electron chi connectivity index (χ1n) is 11.3. The van der Waals surface area contributed by atoms with Gasteiger partial charge in [-0.25, -0.2) is 0 Å². The molecule has 2 aromatic carbocycles. The zero-order valence-corrected chi connectivity index (χ0v) is 20.3. The number of aromatic nitrogens is 3. The van der Waals surface area contributed by atoms with Crippen molar-refractivity contribution in [2.24, 2.45) is 0 Å². The minimum absolute atomic E-state index is 0.0994. The van der Waals surface area contributed by atoms with Crippen LogP contribution in [0, 0.1) is 0 Å². The first kappa shape index (κ1) is 23.0. The Morgan fingerprint density at radius 1 is 1.24 bits per heavy atom. The lowest BCUT2D eigenvalue weighted by molar-refractivity contribution is -0.119. The highest BCUT2D eigenvalue weighted by atomic mass is 35.5. The number of carbonyl (C=O) groups is 1. The Morgan fingerprint density at radius 2 is 2.06 bits per heavy atom. The van der Waals surface area contributed by atoms with Crippen molar-refractivity contribution in [2.75, 3.05) is 12.4 Å². The van der Waals surface area contributed by atoms with E-state index in [1.807, 2.05) is 66.1 Å². The molecule has 2 atom stereocenters. The lowest BCUT2D eigenvalue weighted by Gasteiger charge is -2.15. The number of para-hydroxylation sites is 1. The second-order valence-electron chi connectivity index (χ2n) is 8.32. The van der Waals surface area contributed by atoms with Gasteiger partial charge in [-0.05, 0) is 56.2 Å². The number of amides is 1. The lowest BCUT2D eigenvalue weighted by atomic mass is 10.2. The second kappa shape index (κ2) is 10.2. The van der Waals surface area contributed by atoms with E-state index in [4.69, 9.17) is 20.8 Å². The standard InChI is InChI=1S/C25H25ClN4O3S/c1-16(22-13-18-5-2-3-7-21(18)33-22)27-23(31)15-34-25-29-28-24(17-8-10-19(26)11-9-17)30(25)14-20-6-4-12-32-20/h2-3,5,7-11,13,16,20H,4,6,12,14-15H2,1H3,(H,27,31)/t16-,20-/m1/s1. The van der Waals surface area contributed by atoms with Crippen molar-refractivity contribution in [2.45, 2.75) is 43.6 Å². The van der Waals surface area contributed by atoms with Gasteiger partial charge in [0.05, 0.1) is 24.4 Å². The molecule has 34 heavy (non-hydrogen) atoms. The number of thioether (sulfide) groups is 1. The van der Waals surface area contributed by atoms with Gasteiger partial charge in [-0.2, -0.15) is 0 Å². The maximum Gasteiger partial charge on any atom is 0.231 e. The number of nitrogens with one attached hydrogen (secondary N) is 1. The molecular weight excluding hydrogens is 472 g/mol. The summed E-state index contributed by atoms with van der Waals surface area (Å²) in [5, 5.41) is 14.2. The van der Waals surface area contributed by atoms with Crippen LogP contribution in [0.4, 0.5) is 0 Å². The van der Waals surface area contributed by atoms with Crippen LogP contribution in [0.25, 0.3) is 22.4 Å². The molecule has 1 aliphatic rings. The Bertz CT molecular complexity index is 1250. The van der Waals surface area contributed by atoms with Gasteiger partial charge in [0.15, 0.2) is 11.0 Å². The number of carbonyl (C=O) groups excluding carboxylic acids is 1. The molecule has 0 bridgehead atoms. The van der Waals surface area contributed by atoms with E-state index in [2.05, 4.69) is 15.5 Å². The van der Waals surface area contributed by atoms with Crippen LogP contribution in [-0.2, 0) is 16.1 Å². The highest BCUT2D eigenvalue weighted by Crippen LogP contribution is 2.28. The highest BCUT2D eigenvalue weighted by molar-refractivity contribution is 7.99. The first-order valence-corrected chi connectivity index (χ1v) is 12.6. The van der Waals surface area contributed by atoms with Gasteiger partial charge in [0.2, 0.25) is 5.91 Å². The number of hydrogen-bond acceptors (Lipinski definition) is 6. The van der Waals surface area contributed by atoms with Crippen molar-refractivity contribution in [1.29, 1.82) is 0 Å². The van der Waals surface area contributed by atoms with Crippen LogP contribution in [-0.4, -0.2) is 39.1 Å². The van der Waals surface area contributed by atoms with Crippen LogP contribution in [0.1, 0.15) is 31.6 Å². The van der Waals surface area contributed by atoms with Crippen LogP contribution in [0.3, 0.4) is 0 Å². The fourth-order valence-electron chi connectivity index (χ4n) is 4.06. The zero-order valence-electron chi connectivity index (χ0n) is 18.7. The number of halogens is 1. The summed E-state index contributed by atoms with van der Waals surface area (Å²) in [5.74, 6) is 1.59. The van der Waals surface area contributed by atoms with Gasteiger partial charge in [0, 0.05) is 22.6 Å². The van der Waals surface area contributed by atoms with E-state index in [1.165, 1.54) is 11.8 Å². The van der Waals surface area contributed by atoms with Gasteiger partial charge in [0.1, 0.15) is 11.3 Å². The van der Waals surface area contributed by atoms with Crippen molar-refractivity contribution in [3.05, 3.63) is 65.4 Å². The van der Waals surface area contributed by atoms with Gasteiger partial charge in [-0.15, -0.1) is 10.2 Å². The van der Waals surface area contributed by atoms with E-state index in [-0.39, 0.29) is 23.8 Å². The molecule has 0 spiro atoms. The smallest absolute Gasteiger partial charge is 0.231 e. The van der Waals surface area contributed by atoms with E-state index >= 15 is 0 Å². The van der Waals surface area contributed by atoms with Gasteiger partial charge < -0.3 is 14.5 Å². The largest absolute Gasteiger partial charge is 0.459 e. The molecule has 1 aliphatic heterocycles. The number of hydrogen-bond donors (Lipinski definition) is 1.